The Balaban J connectivity index is 0.000000244. The third kappa shape index (κ3) is 13.9. The van der Waals surface area contributed by atoms with Crippen LogP contribution in [0.2, 0.25) is 0 Å². The summed E-state index contributed by atoms with van der Waals surface area (Å²) in [6.45, 7) is 14.9. The number of carbonyl (C=O) groups excluding carboxylic acids is 3. The van der Waals surface area contributed by atoms with Gasteiger partial charge in [0.25, 0.3) is 0 Å². The number of nitrogens with zero attached hydrogens (tertiary/aromatic N) is 2. The summed E-state index contributed by atoms with van der Waals surface area (Å²) >= 11 is 0. The number of rotatable bonds is 8. The van der Waals surface area contributed by atoms with E-state index < -0.39 is 17.3 Å². The van der Waals surface area contributed by atoms with Crippen molar-refractivity contribution in [3.8, 4) is 0 Å². The lowest BCUT2D eigenvalue weighted by Gasteiger charge is -2.39. The van der Waals surface area contributed by atoms with Gasteiger partial charge < -0.3 is 25.0 Å². The van der Waals surface area contributed by atoms with Crippen LogP contribution in [-0.4, -0.2) is 70.8 Å². The fraction of sp³-hybridized carbons (Fsp3) is 0.426. The molecule has 2 N–H and O–H groups in total. The Hall–Kier alpha value is -5.15. The highest BCUT2D eigenvalue weighted by Crippen LogP contribution is 2.31. The summed E-state index contributed by atoms with van der Waals surface area (Å²) in [5, 5.41) is 6.14. The molecule has 9 nitrogen and oxygen atoms in total. The van der Waals surface area contributed by atoms with Crippen molar-refractivity contribution in [2.45, 2.75) is 110 Å². The molecule has 2 fully saturated rings. The van der Waals surface area contributed by atoms with Crippen LogP contribution in [0.3, 0.4) is 0 Å². The van der Waals surface area contributed by atoms with E-state index in [0.29, 0.717) is 25.4 Å². The molecule has 0 bridgehead atoms. The first-order valence-corrected chi connectivity index (χ1v) is 19.4. The smallest absolute Gasteiger partial charge is 0.407 e. The number of nitrogens with one attached hydrogen (secondary N) is 2. The van der Waals surface area contributed by atoms with Crippen LogP contribution in [0.1, 0.15) is 95.9 Å². The largest absolute Gasteiger partial charge is 0.444 e. The van der Waals surface area contributed by atoms with Gasteiger partial charge >= 0.3 is 12.2 Å². The van der Waals surface area contributed by atoms with Crippen molar-refractivity contribution in [1.29, 1.82) is 0 Å². The molecule has 2 unspecified atom stereocenters. The zero-order chi connectivity index (χ0) is 39.4. The van der Waals surface area contributed by atoms with E-state index >= 15 is 0 Å². The maximum absolute atomic E-state index is 12.8. The summed E-state index contributed by atoms with van der Waals surface area (Å²) in [4.78, 5) is 41.9. The van der Waals surface area contributed by atoms with Gasteiger partial charge in [-0.2, -0.15) is 0 Å². The fourth-order valence-corrected chi connectivity index (χ4v) is 7.25. The minimum Gasteiger partial charge on any atom is -0.444 e. The van der Waals surface area contributed by atoms with Crippen molar-refractivity contribution in [3.05, 3.63) is 144 Å². The third-order valence-electron chi connectivity index (χ3n) is 9.67. The van der Waals surface area contributed by atoms with E-state index in [-0.39, 0.29) is 37.4 Å². The molecule has 0 radical (unpaired) electrons. The summed E-state index contributed by atoms with van der Waals surface area (Å²) in [6.07, 6.45) is 0.580. The number of carbonyl (C=O) groups is 3. The first-order valence-electron chi connectivity index (χ1n) is 19.4. The number of piperidine rings is 2. The topological polar surface area (TPSA) is 100 Å². The number of benzene rings is 4. The fourth-order valence-electron chi connectivity index (χ4n) is 7.25. The summed E-state index contributed by atoms with van der Waals surface area (Å²) in [6, 6.07) is 40.6. The van der Waals surface area contributed by atoms with Crippen LogP contribution < -0.4 is 10.6 Å². The Morgan fingerprint density at radius 3 is 1.48 bits per heavy atom. The molecule has 0 spiro atoms. The third-order valence-corrected chi connectivity index (χ3v) is 9.67. The van der Waals surface area contributed by atoms with Gasteiger partial charge in [0.15, 0.2) is 0 Å². The average Bonchev–Trinajstić information content (AvgIpc) is 3.13. The highest BCUT2D eigenvalue weighted by molar-refractivity contribution is 5.79. The summed E-state index contributed by atoms with van der Waals surface area (Å²) in [5.41, 5.74) is 3.64. The van der Waals surface area contributed by atoms with Gasteiger partial charge in [0.1, 0.15) is 11.2 Å². The molecule has 300 valence electrons. The first kappa shape index (κ1) is 43.6. The Bertz CT molecular complexity index is 1790. The minimum absolute atomic E-state index is 0. The zero-order valence-electron chi connectivity index (χ0n) is 33.2. The van der Waals surface area contributed by atoms with E-state index in [1.54, 1.807) is 0 Å². The number of hydrogen-bond acceptors (Lipinski definition) is 6. The van der Waals surface area contributed by atoms with Crippen molar-refractivity contribution in [2.24, 2.45) is 0 Å². The summed E-state index contributed by atoms with van der Waals surface area (Å²) in [5.74, 6) is 0.318. The number of amides is 3. The summed E-state index contributed by atoms with van der Waals surface area (Å²) < 4.78 is 11.0. The van der Waals surface area contributed by atoms with Crippen LogP contribution >= 0.6 is 0 Å². The van der Waals surface area contributed by atoms with E-state index in [4.69, 9.17) is 9.47 Å². The second-order valence-electron chi connectivity index (χ2n) is 16.5. The molecule has 0 aromatic heterocycles. The Labute approximate surface area is 334 Å². The predicted octanol–water partition coefficient (Wildman–Crippen LogP) is 9.30. The highest BCUT2D eigenvalue weighted by atomic mass is 16.6. The second kappa shape index (κ2) is 20.1. The van der Waals surface area contributed by atoms with E-state index in [2.05, 4.69) is 64.1 Å². The van der Waals surface area contributed by atoms with Gasteiger partial charge in [-0.05, 0) is 76.8 Å². The average molecular weight is 763 g/mol. The van der Waals surface area contributed by atoms with E-state index in [9.17, 15) is 14.4 Å². The number of ether oxygens (including phenoxy) is 2. The molecule has 3 amide bonds. The summed E-state index contributed by atoms with van der Waals surface area (Å²) in [7, 11) is 0. The molecule has 2 aliphatic rings. The first-order chi connectivity index (χ1) is 26.2. The molecular formula is C47H62N4O5. The predicted molar refractivity (Wildman–Crippen MR) is 224 cm³/mol. The van der Waals surface area contributed by atoms with Crippen LogP contribution in [0.5, 0.6) is 0 Å². The van der Waals surface area contributed by atoms with Crippen molar-refractivity contribution < 1.29 is 23.9 Å². The van der Waals surface area contributed by atoms with Gasteiger partial charge in [-0.1, -0.05) is 129 Å². The molecule has 2 saturated heterocycles. The molecular weight excluding hydrogens is 701 g/mol. The molecule has 4 atom stereocenters. The normalized spacial score (nSPS) is 20.0. The molecule has 2 aliphatic heterocycles. The second-order valence-corrected chi connectivity index (χ2v) is 16.5. The van der Waals surface area contributed by atoms with Gasteiger partial charge in [-0.15, -0.1) is 0 Å². The Morgan fingerprint density at radius 2 is 1.02 bits per heavy atom. The van der Waals surface area contributed by atoms with E-state index in [1.165, 1.54) is 11.1 Å². The Morgan fingerprint density at radius 1 is 0.607 bits per heavy atom. The molecule has 4 aromatic carbocycles. The van der Waals surface area contributed by atoms with Crippen LogP contribution in [0, 0.1) is 0 Å². The molecule has 56 heavy (non-hydrogen) atoms. The lowest BCUT2D eigenvalue weighted by atomic mass is 9.84. The van der Waals surface area contributed by atoms with Crippen LogP contribution in [0.25, 0.3) is 0 Å². The van der Waals surface area contributed by atoms with Crippen LogP contribution in [0.4, 0.5) is 9.59 Å². The molecule has 0 saturated carbocycles. The quantitative estimate of drug-likeness (QED) is 0.186. The number of hydrogen-bond donors (Lipinski definition) is 2. The van der Waals surface area contributed by atoms with E-state index in [0.717, 1.165) is 37.2 Å². The van der Waals surface area contributed by atoms with Crippen LogP contribution in [0.15, 0.2) is 121 Å². The lowest BCUT2D eigenvalue weighted by molar-refractivity contribution is -0.135. The zero-order valence-corrected chi connectivity index (χ0v) is 33.2. The molecule has 9 heteroatoms. The van der Waals surface area contributed by atoms with Gasteiger partial charge in [0, 0.05) is 44.4 Å². The van der Waals surface area contributed by atoms with Gasteiger partial charge in [0.05, 0.1) is 12.1 Å². The number of alkyl carbamates (subject to hydrolysis) is 2. The van der Waals surface area contributed by atoms with Crippen molar-refractivity contribution in [2.75, 3.05) is 19.6 Å². The van der Waals surface area contributed by atoms with Gasteiger partial charge in [0.2, 0.25) is 5.91 Å². The van der Waals surface area contributed by atoms with E-state index in [1.807, 2.05) is 119 Å². The van der Waals surface area contributed by atoms with Crippen molar-refractivity contribution >= 4 is 18.1 Å². The molecule has 0 aliphatic carbocycles. The maximum atomic E-state index is 12.8. The highest BCUT2D eigenvalue weighted by Gasteiger charge is 2.37. The Kier molecular flexibility index (Phi) is 15.7. The SMILES string of the molecule is C.CC(C)(C)OC(=O)N[C@H]1CN(Cc2ccccc2)C(=O)CC1c1ccccc1.CC(C)(C)OC(=O)N[C@H]1CN(Cc2ccccc2)CCC1c1ccccc1. The van der Waals surface area contributed by atoms with Crippen molar-refractivity contribution in [1.82, 2.24) is 20.4 Å². The monoisotopic (exact) mass is 762 g/mol. The van der Waals surface area contributed by atoms with Gasteiger partial charge in [-0.25, -0.2) is 9.59 Å². The maximum Gasteiger partial charge on any atom is 0.407 e. The van der Waals surface area contributed by atoms with Crippen LogP contribution in [-0.2, 0) is 27.4 Å². The molecule has 4 aromatic rings. The van der Waals surface area contributed by atoms with Crippen molar-refractivity contribution in [3.63, 3.8) is 0 Å². The lowest BCUT2D eigenvalue weighted by Crippen LogP contribution is -2.54. The molecule has 2 heterocycles. The van der Waals surface area contributed by atoms with Gasteiger partial charge in [-0.3, -0.25) is 9.69 Å². The minimum atomic E-state index is -0.569. The molecule has 6 rings (SSSR count). The number of likely N-dealkylation sites (tertiary alicyclic amines) is 2. The standard InChI is InChI=1S/C23H28N2O3.C23H30N2O2.CH4/c1-23(2,3)28-22(27)24-20-16-25(15-17-10-6-4-7-11-17)21(26)14-19(20)18-12-8-5-9-13-18;1-23(2,3)27-22(26)24-21-17-25(16-18-10-6-4-7-11-18)15-14-20(21)19-12-8-5-9-13-19;/h4-13,19-20H,14-16H2,1-3H3,(H,24,27);4-13,20-21H,14-17H2,1-3H3,(H,24,26);1H4/t19?,20-;20?,21-;/m00./s1.